The third kappa shape index (κ3) is 2.67. The summed E-state index contributed by atoms with van der Waals surface area (Å²) >= 11 is 0. The summed E-state index contributed by atoms with van der Waals surface area (Å²) in [5, 5.41) is 14.7. The summed E-state index contributed by atoms with van der Waals surface area (Å²) in [6.07, 6.45) is 0. The van der Waals surface area contributed by atoms with Gasteiger partial charge in [-0.3, -0.25) is 14.3 Å². The minimum Gasteiger partial charge on any atom is -0.388 e. The first-order valence-corrected chi connectivity index (χ1v) is 7.51. The first-order chi connectivity index (χ1) is 9.96. The molecule has 122 valence electrons. The van der Waals surface area contributed by atoms with Gasteiger partial charge in [-0.2, -0.15) is 5.10 Å². The molecule has 0 bridgehead atoms. The van der Waals surface area contributed by atoms with Gasteiger partial charge in [0.05, 0.1) is 16.9 Å². The number of hydrogen-bond acceptors (Lipinski definition) is 4. The third-order valence-electron chi connectivity index (χ3n) is 4.91. The molecule has 2 rings (SSSR count). The normalized spacial score (nSPS) is 23.9. The predicted molar refractivity (Wildman–Crippen MR) is 82.7 cm³/mol. The van der Waals surface area contributed by atoms with E-state index in [1.807, 2.05) is 13.8 Å². The highest BCUT2D eigenvalue weighted by atomic mass is 16.3. The maximum atomic E-state index is 12.5. The van der Waals surface area contributed by atoms with Gasteiger partial charge in [0, 0.05) is 24.2 Å². The van der Waals surface area contributed by atoms with Crippen molar-refractivity contribution < 1.29 is 14.7 Å². The highest BCUT2D eigenvalue weighted by Gasteiger charge is 2.49. The predicted octanol–water partition coefficient (Wildman–Crippen LogP) is 1.32. The Labute approximate surface area is 131 Å². The number of ketones is 1. The van der Waals surface area contributed by atoms with Crippen LogP contribution < -0.4 is 0 Å². The molecule has 1 fully saturated rings. The molecule has 0 radical (unpaired) electrons. The van der Waals surface area contributed by atoms with Crippen LogP contribution in [0.25, 0.3) is 0 Å². The second kappa shape index (κ2) is 5.19. The first-order valence-electron chi connectivity index (χ1n) is 7.51. The van der Waals surface area contributed by atoms with Gasteiger partial charge in [0.1, 0.15) is 6.54 Å². The van der Waals surface area contributed by atoms with E-state index in [0.717, 1.165) is 0 Å². The van der Waals surface area contributed by atoms with Crippen LogP contribution in [0.3, 0.4) is 0 Å². The van der Waals surface area contributed by atoms with Crippen LogP contribution in [0.1, 0.15) is 49.4 Å². The molecule has 1 atom stereocenters. The lowest BCUT2D eigenvalue weighted by molar-refractivity contribution is -0.131. The molecule has 2 heterocycles. The molecule has 1 N–H and O–H groups in total. The van der Waals surface area contributed by atoms with Gasteiger partial charge in [-0.05, 0) is 27.7 Å². The van der Waals surface area contributed by atoms with Gasteiger partial charge in [-0.25, -0.2) is 0 Å². The zero-order valence-electron chi connectivity index (χ0n) is 14.2. The van der Waals surface area contributed by atoms with Crippen molar-refractivity contribution in [3.63, 3.8) is 0 Å². The minimum atomic E-state index is -0.901. The number of amides is 1. The lowest BCUT2D eigenvalue weighted by atomic mass is 9.79. The summed E-state index contributed by atoms with van der Waals surface area (Å²) in [5.41, 5.74) is 0.696. The molecule has 1 aromatic rings. The molecule has 0 unspecified atom stereocenters. The Bertz CT molecular complexity index is 613. The summed E-state index contributed by atoms with van der Waals surface area (Å²) in [4.78, 5) is 25.8. The van der Waals surface area contributed by atoms with Gasteiger partial charge < -0.3 is 10.0 Å². The Hall–Kier alpha value is -1.69. The number of nitrogens with zero attached hydrogens (tertiary/aromatic N) is 3. The molecule has 0 aromatic carbocycles. The molecule has 1 aliphatic rings. The van der Waals surface area contributed by atoms with Crippen molar-refractivity contribution in [3.05, 3.63) is 17.0 Å². The number of Topliss-reactive ketones (excluding diaryl/α,β-unsaturated/α-hetero) is 1. The fourth-order valence-corrected chi connectivity index (χ4v) is 3.05. The molecule has 6 nitrogen and oxygen atoms in total. The number of carbonyl (C=O) groups is 2. The van der Waals surface area contributed by atoms with E-state index in [0.29, 0.717) is 30.0 Å². The average molecular weight is 307 g/mol. The minimum absolute atomic E-state index is 0.0426. The molecular weight excluding hydrogens is 282 g/mol. The summed E-state index contributed by atoms with van der Waals surface area (Å²) in [7, 11) is 0. The van der Waals surface area contributed by atoms with Crippen LogP contribution in [-0.4, -0.2) is 50.2 Å². The third-order valence-corrected chi connectivity index (χ3v) is 4.91. The van der Waals surface area contributed by atoms with E-state index in [1.54, 1.807) is 30.4 Å². The van der Waals surface area contributed by atoms with Crippen LogP contribution in [0, 0.1) is 19.3 Å². The second-order valence-electron chi connectivity index (χ2n) is 7.17. The number of likely N-dealkylation sites (tertiary alicyclic amines) is 1. The van der Waals surface area contributed by atoms with Gasteiger partial charge >= 0.3 is 0 Å². The summed E-state index contributed by atoms with van der Waals surface area (Å²) in [6, 6.07) is 0. The van der Waals surface area contributed by atoms with Gasteiger partial charge in [0.15, 0.2) is 5.78 Å². The van der Waals surface area contributed by atoms with Crippen molar-refractivity contribution >= 4 is 11.7 Å². The van der Waals surface area contributed by atoms with Crippen molar-refractivity contribution in [2.45, 2.75) is 53.7 Å². The summed E-state index contributed by atoms with van der Waals surface area (Å²) in [5.74, 6) is -0.134. The Balaban J connectivity index is 2.18. The number of rotatable bonds is 3. The van der Waals surface area contributed by atoms with Gasteiger partial charge in [0.2, 0.25) is 5.91 Å². The number of aryl methyl sites for hydroxylation is 1. The SMILES string of the molecule is CC(=O)c1c(C)nn(CC(=O)N2CC(C)(C)[C@@](C)(O)C2)c1C. The van der Waals surface area contributed by atoms with E-state index in [4.69, 9.17) is 0 Å². The van der Waals surface area contributed by atoms with Crippen molar-refractivity contribution in [2.75, 3.05) is 13.1 Å². The number of aliphatic hydroxyl groups is 1. The lowest BCUT2D eigenvalue weighted by Gasteiger charge is -2.30. The van der Waals surface area contributed by atoms with Gasteiger partial charge in [0.25, 0.3) is 0 Å². The van der Waals surface area contributed by atoms with Gasteiger partial charge in [-0.1, -0.05) is 13.8 Å². The molecule has 0 aliphatic carbocycles. The van der Waals surface area contributed by atoms with Crippen LogP contribution >= 0.6 is 0 Å². The Morgan fingerprint density at radius 1 is 1.23 bits per heavy atom. The molecule has 6 heteroatoms. The lowest BCUT2D eigenvalue weighted by Crippen LogP contribution is -2.40. The van der Waals surface area contributed by atoms with Crippen LogP contribution in [0.4, 0.5) is 0 Å². The fourth-order valence-electron chi connectivity index (χ4n) is 3.05. The molecular formula is C16H25N3O3. The average Bonchev–Trinajstić information content (AvgIpc) is 2.73. The number of aromatic nitrogens is 2. The smallest absolute Gasteiger partial charge is 0.244 e. The van der Waals surface area contributed by atoms with E-state index in [9.17, 15) is 14.7 Å². The van der Waals surface area contributed by atoms with Crippen molar-refractivity contribution in [1.82, 2.24) is 14.7 Å². The van der Waals surface area contributed by atoms with Crippen LogP contribution in [0.5, 0.6) is 0 Å². The zero-order valence-corrected chi connectivity index (χ0v) is 14.2. The highest BCUT2D eigenvalue weighted by molar-refractivity contribution is 5.96. The van der Waals surface area contributed by atoms with E-state index >= 15 is 0 Å². The molecule has 1 amide bonds. The number of β-amino-alcohol motifs (C(OH)–C–C–N with tert-alkyl or cyclic N) is 1. The van der Waals surface area contributed by atoms with Gasteiger partial charge in [-0.15, -0.1) is 0 Å². The summed E-state index contributed by atoms with van der Waals surface area (Å²) in [6.45, 7) is 11.7. The monoisotopic (exact) mass is 307 g/mol. The summed E-state index contributed by atoms with van der Waals surface area (Å²) < 4.78 is 1.58. The standard InChI is InChI=1S/C16H25N3O3/c1-10-14(12(3)20)11(2)19(17-10)7-13(21)18-8-15(4,5)16(6,22)9-18/h22H,7-9H2,1-6H3/t16-/m0/s1. The van der Waals surface area contributed by atoms with Crippen LogP contribution in [-0.2, 0) is 11.3 Å². The Morgan fingerprint density at radius 3 is 2.23 bits per heavy atom. The van der Waals surface area contributed by atoms with Crippen molar-refractivity contribution in [1.29, 1.82) is 0 Å². The van der Waals surface area contributed by atoms with E-state index < -0.39 is 5.60 Å². The molecule has 1 aromatic heterocycles. The second-order valence-corrected chi connectivity index (χ2v) is 7.17. The fraction of sp³-hybridized carbons (Fsp3) is 0.688. The highest BCUT2D eigenvalue weighted by Crippen LogP contribution is 2.38. The zero-order chi connectivity index (χ0) is 16.9. The van der Waals surface area contributed by atoms with Crippen molar-refractivity contribution in [2.24, 2.45) is 5.41 Å². The van der Waals surface area contributed by atoms with E-state index in [-0.39, 0.29) is 23.7 Å². The largest absolute Gasteiger partial charge is 0.388 e. The Kier molecular flexibility index (Phi) is 3.94. The number of carbonyl (C=O) groups excluding carboxylic acids is 2. The quantitative estimate of drug-likeness (QED) is 0.855. The van der Waals surface area contributed by atoms with E-state index in [2.05, 4.69) is 5.10 Å². The first kappa shape index (κ1) is 16.7. The molecule has 22 heavy (non-hydrogen) atoms. The maximum absolute atomic E-state index is 12.5. The van der Waals surface area contributed by atoms with Crippen LogP contribution in [0.2, 0.25) is 0 Å². The molecule has 0 spiro atoms. The Morgan fingerprint density at radius 2 is 1.82 bits per heavy atom. The number of hydrogen-bond donors (Lipinski definition) is 1. The molecule has 0 saturated carbocycles. The topological polar surface area (TPSA) is 75.4 Å². The molecule has 1 aliphatic heterocycles. The molecule has 1 saturated heterocycles. The van der Waals surface area contributed by atoms with E-state index in [1.165, 1.54) is 6.92 Å². The van der Waals surface area contributed by atoms with Crippen molar-refractivity contribution in [3.8, 4) is 0 Å². The maximum Gasteiger partial charge on any atom is 0.244 e. The van der Waals surface area contributed by atoms with Crippen LogP contribution in [0.15, 0.2) is 0 Å².